The summed E-state index contributed by atoms with van der Waals surface area (Å²) in [7, 11) is 0. The van der Waals surface area contributed by atoms with E-state index in [4.69, 9.17) is 0 Å². The van der Waals surface area contributed by atoms with Crippen LogP contribution >= 0.6 is 15.9 Å². The van der Waals surface area contributed by atoms with Crippen molar-refractivity contribution in [3.05, 3.63) is 58.1 Å². The van der Waals surface area contributed by atoms with Gasteiger partial charge in [-0.3, -0.25) is 4.79 Å². The minimum absolute atomic E-state index is 0.0545. The first-order chi connectivity index (χ1) is 9.95. The van der Waals surface area contributed by atoms with Gasteiger partial charge in [-0.25, -0.2) is 0 Å². The second-order valence-electron chi connectivity index (χ2n) is 5.18. The lowest BCUT2D eigenvalue weighted by Gasteiger charge is -2.17. The van der Waals surface area contributed by atoms with Crippen molar-refractivity contribution in [2.45, 2.75) is 26.8 Å². The summed E-state index contributed by atoms with van der Waals surface area (Å²) in [5.41, 5.74) is 4.04. The number of halogens is 1. The fraction of sp³-hybridized carbons (Fsp3) is 0.235. The van der Waals surface area contributed by atoms with E-state index in [1.54, 1.807) is 0 Å². The number of hydrogen-bond acceptors (Lipinski definition) is 2. The topological polar surface area (TPSA) is 41.1 Å². The second-order valence-corrected chi connectivity index (χ2v) is 6.10. The molecule has 0 heterocycles. The van der Waals surface area contributed by atoms with Crippen molar-refractivity contribution in [2.75, 3.05) is 10.6 Å². The highest BCUT2D eigenvalue weighted by Gasteiger charge is 2.13. The van der Waals surface area contributed by atoms with Crippen LogP contribution in [0.15, 0.2) is 46.9 Å². The third-order valence-electron chi connectivity index (χ3n) is 3.27. The van der Waals surface area contributed by atoms with Gasteiger partial charge in [-0.05, 0) is 56.7 Å². The van der Waals surface area contributed by atoms with Crippen LogP contribution in [0, 0.1) is 13.8 Å². The largest absolute Gasteiger partial charge is 0.374 e. The molecule has 2 rings (SSSR count). The molecule has 0 aromatic heterocycles. The van der Waals surface area contributed by atoms with Gasteiger partial charge in [0, 0.05) is 15.8 Å². The van der Waals surface area contributed by atoms with Crippen LogP contribution in [0.5, 0.6) is 0 Å². The van der Waals surface area contributed by atoms with Crippen molar-refractivity contribution in [3.63, 3.8) is 0 Å². The molecule has 3 nitrogen and oxygen atoms in total. The Morgan fingerprint density at radius 2 is 1.76 bits per heavy atom. The molecule has 110 valence electrons. The molecule has 4 heteroatoms. The zero-order chi connectivity index (χ0) is 15.4. The van der Waals surface area contributed by atoms with E-state index in [0.717, 1.165) is 21.4 Å². The standard InChI is InChI=1S/C17H19BrN2O/c1-11-4-7-15(8-5-11)20-17(21)13(3)19-16-9-6-14(18)10-12(16)2/h4-10,13,19H,1-3H3,(H,20,21). The summed E-state index contributed by atoms with van der Waals surface area (Å²) in [6.07, 6.45) is 0. The van der Waals surface area contributed by atoms with E-state index in [1.807, 2.05) is 63.2 Å². The van der Waals surface area contributed by atoms with E-state index in [-0.39, 0.29) is 11.9 Å². The summed E-state index contributed by atoms with van der Waals surface area (Å²) in [5, 5.41) is 6.15. The summed E-state index contributed by atoms with van der Waals surface area (Å²) in [6.45, 7) is 5.88. The number of nitrogens with one attached hydrogen (secondary N) is 2. The summed E-state index contributed by atoms with van der Waals surface area (Å²) in [6, 6.07) is 13.4. The third-order valence-corrected chi connectivity index (χ3v) is 3.77. The lowest BCUT2D eigenvalue weighted by molar-refractivity contribution is -0.116. The molecular formula is C17H19BrN2O. The number of amides is 1. The van der Waals surface area contributed by atoms with Gasteiger partial charge in [0.2, 0.25) is 5.91 Å². The Bertz CT molecular complexity index is 638. The highest BCUT2D eigenvalue weighted by molar-refractivity contribution is 9.10. The number of rotatable bonds is 4. The molecule has 0 radical (unpaired) electrons. The van der Waals surface area contributed by atoms with Crippen molar-refractivity contribution in [2.24, 2.45) is 0 Å². The molecule has 0 bridgehead atoms. The third kappa shape index (κ3) is 4.33. The smallest absolute Gasteiger partial charge is 0.246 e. The molecular weight excluding hydrogens is 328 g/mol. The van der Waals surface area contributed by atoms with E-state index in [2.05, 4.69) is 26.6 Å². The summed E-state index contributed by atoms with van der Waals surface area (Å²) in [5.74, 6) is -0.0545. The molecule has 0 saturated heterocycles. The SMILES string of the molecule is Cc1ccc(NC(=O)C(C)Nc2ccc(Br)cc2C)cc1. The van der Waals surface area contributed by atoms with E-state index >= 15 is 0 Å². The molecule has 1 unspecified atom stereocenters. The van der Waals surface area contributed by atoms with Gasteiger partial charge in [0.15, 0.2) is 0 Å². The van der Waals surface area contributed by atoms with Gasteiger partial charge in [-0.15, -0.1) is 0 Å². The monoisotopic (exact) mass is 346 g/mol. The Balaban J connectivity index is 2.00. The molecule has 2 aromatic rings. The Morgan fingerprint density at radius 1 is 1.10 bits per heavy atom. The van der Waals surface area contributed by atoms with Crippen molar-refractivity contribution in [3.8, 4) is 0 Å². The van der Waals surface area contributed by atoms with Gasteiger partial charge >= 0.3 is 0 Å². The Kier molecular flexibility index (Phi) is 5.02. The lowest BCUT2D eigenvalue weighted by Crippen LogP contribution is -2.32. The fourth-order valence-corrected chi connectivity index (χ4v) is 2.45. The van der Waals surface area contributed by atoms with E-state index in [9.17, 15) is 4.79 Å². The zero-order valence-corrected chi connectivity index (χ0v) is 14.0. The van der Waals surface area contributed by atoms with E-state index in [1.165, 1.54) is 5.56 Å². The summed E-state index contributed by atoms with van der Waals surface area (Å²) >= 11 is 3.43. The molecule has 1 atom stereocenters. The van der Waals surface area contributed by atoms with Crippen LogP contribution in [-0.2, 0) is 4.79 Å². The quantitative estimate of drug-likeness (QED) is 0.855. The minimum atomic E-state index is -0.314. The van der Waals surface area contributed by atoms with Gasteiger partial charge in [0.25, 0.3) is 0 Å². The van der Waals surface area contributed by atoms with Gasteiger partial charge in [-0.2, -0.15) is 0 Å². The summed E-state index contributed by atoms with van der Waals surface area (Å²) < 4.78 is 1.03. The average molecular weight is 347 g/mol. The Hall–Kier alpha value is -1.81. The second kappa shape index (κ2) is 6.76. The molecule has 0 aliphatic carbocycles. The first-order valence-electron chi connectivity index (χ1n) is 6.86. The lowest BCUT2D eigenvalue weighted by atomic mass is 10.1. The van der Waals surface area contributed by atoms with Gasteiger partial charge in [0.05, 0.1) is 0 Å². The number of carbonyl (C=O) groups is 1. The van der Waals surface area contributed by atoms with Gasteiger partial charge in [0.1, 0.15) is 6.04 Å². The Labute approximate surface area is 133 Å². The Morgan fingerprint density at radius 3 is 2.38 bits per heavy atom. The number of benzene rings is 2. The highest BCUT2D eigenvalue weighted by Crippen LogP contribution is 2.21. The van der Waals surface area contributed by atoms with Crippen LogP contribution in [0.4, 0.5) is 11.4 Å². The molecule has 2 N–H and O–H groups in total. The maximum absolute atomic E-state index is 12.2. The van der Waals surface area contributed by atoms with E-state index < -0.39 is 0 Å². The minimum Gasteiger partial charge on any atom is -0.374 e. The predicted molar refractivity (Wildman–Crippen MR) is 91.8 cm³/mol. The number of aryl methyl sites for hydroxylation is 2. The molecule has 21 heavy (non-hydrogen) atoms. The molecule has 0 aliphatic heterocycles. The first-order valence-corrected chi connectivity index (χ1v) is 7.65. The van der Waals surface area contributed by atoms with Crippen LogP contribution in [0.3, 0.4) is 0 Å². The normalized spacial score (nSPS) is 11.8. The van der Waals surface area contributed by atoms with Crippen LogP contribution in [0.25, 0.3) is 0 Å². The van der Waals surface area contributed by atoms with Gasteiger partial charge in [-0.1, -0.05) is 33.6 Å². The maximum atomic E-state index is 12.2. The van der Waals surface area contributed by atoms with Crippen LogP contribution in [0.1, 0.15) is 18.1 Å². The molecule has 0 fully saturated rings. The van der Waals surface area contributed by atoms with Crippen molar-refractivity contribution in [1.29, 1.82) is 0 Å². The van der Waals surface area contributed by atoms with E-state index in [0.29, 0.717) is 0 Å². The number of anilines is 2. The van der Waals surface area contributed by atoms with Crippen LogP contribution in [-0.4, -0.2) is 11.9 Å². The molecule has 0 saturated carbocycles. The molecule has 0 spiro atoms. The van der Waals surface area contributed by atoms with Crippen molar-refractivity contribution in [1.82, 2.24) is 0 Å². The number of hydrogen-bond donors (Lipinski definition) is 2. The zero-order valence-electron chi connectivity index (χ0n) is 12.4. The first kappa shape index (κ1) is 15.6. The maximum Gasteiger partial charge on any atom is 0.246 e. The highest BCUT2D eigenvalue weighted by atomic mass is 79.9. The predicted octanol–water partition coefficient (Wildman–Crippen LogP) is 4.51. The van der Waals surface area contributed by atoms with Gasteiger partial charge < -0.3 is 10.6 Å². The molecule has 0 aliphatic rings. The molecule has 2 aromatic carbocycles. The van der Waals surface area contributed by atoms with Crippen molar-refractivity contribution >= 4 is 33.2 Å². The van der Waals surface area contributed by atoms with Crippen molar-refractivity contribution < 1.29 is 4.79 Å². The van der Waals surface area contributed by atoms with Crippen LogP contribution in [0.2, 0.25) is 0 Å². The number of carbonyl (C=O) groups excluding carboxylic acids is 1. The molecule has 1 amide bonds. The summed E-state index contributed by atoms with van der Waals surface area (Å²) in [4.78, 5) is 12.2. The fourth-order valence-electron chi connectivity index (χ4n) is 1.98. The average Bonchev–Trinajstić information content (AvgIpc) is 2.44. The van der Waals surface area contributed by atoms with Crippen LogP contribution < -0.4 is 10.6 Å².